The minimum atomic E-state index is -0.949. The Labute approximate surface area is 161 Å². The highest BCUT2D eigenvalue weighted by molar-refractivity contribution is 6.24. The molecule has 0 bridgehead atoms. The fraction of sp³-hybridized carbons (Fsp3) is 0.474. The van der Waals surface area contributed by atoms with Crippen molar-refractivity contribution in [2.75, 3.05) is 26.2 Å². The van der Waals surface area contributed by atoms with E-state index >= 15 is 0 Å². The lowest BCUT2D eigenvalue weighted by molar-refractivity contribution is -0.136. The summed E-state index contributed by atoms with van der Waals surface area (Å²) in [4.78, 5) is 50.2. The molecule has 4 rings (SSSR count). The maximum Gasteiger partial charge on any atom is 0.262 e. The van der Waals surface area contributed by atoms with Gasteiger partial charge in [0.25, 0.3) is 11.8 Å². The minimum absolute atomic E-state index is 0.106. The van der Waals surface area contributed by atoms with Gasteiger partial charge >= 0.3 is 0 Å². The Kier molecular flexibility index (Phi) is 5.21. The minimum Gasteiger partial charge on any atom is -0.374 e. The highest BCUT2D eigenvalue weighted by Crippen LogP contribution is 2.29. The van der Waals surface area contributed by atoms with Gasteiger partial charge in [-0.25, -0.2) is 0 Å². The van der Waals surface area contributed by atoms with Crippen molar-refractivity contribution in [1.29, 1.82) is 0 Å². The van der Waals surface area contributed by atoms with Crippen LogP contribution in [0.4, 0.5) is 0 Å². The second-order valence-electron chi connectivity index (χ2n) is 7.11. The molecule has 1 aromatic rings. The van der Waals surface area contributed by atoms with E-state index in [0.717, 1.165) is 18.0 Å². The molecule has 0 aromatic heterocycles. The van der Waals surface area contributed by atoms with Gasteiger partial charge in [-0.15, -0.1) is 0 Å². The number of fused-ring (bicyclic) bond motifs is 1. The lowest BCUT2D eigenvalue weighted by Crippen LogP contribution is -2.54. The number of hydrogen-bond donors (Lipinski definition) is 3. The summed E-state index contributed by atoms with van der Waals surface area (Å²) in [6.07, 6.45) is 0.523. The summed E-state index contributed by atoms with van der Waals surface area (Å²) in [5.74, 6) is -1.96. The number of carbonyl (C=O) groups excluding carboxylic acids is 4. The summed E-state index contributed by atoms with van der Waals surface area (Å²) >= 11 is 0. The Morgan fingerprint density at radius 2 is 1.96 bits per heavy atom. The van der Waals surface area contributed by atoms with E-state index in [1.54, 1.807) is 18.2 Å². The highest BCUT2D eigenvalue weighted by atomic mass is 16.5. The first-order valence-corrected chi connectivity index (χ1v) is 9.43. The molecule has 3 N–H and O–H groups in total. The summed E-state index contributed by atoms with van der Waals surface area (Å²) in [5, 5.41) is 8.56. The predicted octanol–water partition coefficient (Wildman–Crippen LogP) is -0.834. The number of ether oxygens (including phenoxy) is 1. The normalized spacial score (nSPS) is 22.3. The van der Waals surface area contributed by atoms with E-state index in [2.05, 4.69) is 16.0 Å². The number of benzene rings is 1. The van der Waals surface area contributed by atoms with Gasteiger partial charge in [0.05, 0.1) is 23.8 Å². The molecule has 28 heavy (non-hydrogen) atoms. The number of nitrogens with one attached hydrogen (secondary N) is 3. The second kappa shape index (κ2) is 7.78. The molecule has 1 atom stereocenters. The maximum atomic E-state index is 13.0. The zero-order valence-corrected chi connectivity index (χ0v) is 15.3. The molecular formula is C19H22N4O5. The quantitative estimate of drug-likeness (QED) is 0.413. The van der Waals surface area contributed by atoms with Crippen molar-refractivity contribution in [3.05, 3.63) is 34.9 Å². The molecular weight excluding hydrogens is 364 g/mol. The van der Waals surface area contributed by atoms with Crippen LogP contribution >= 0.6 is 0 Å². The molecule has 0 aliphatic carbocycles. The third-order valence-corrected chi connectivity index (χ3v) is 5.25. The third-order valence-electron chi connectivity index (χ3n) is 5.25. The van der Waals surface area contributed by atoms with Crippen molar-refractivity contribution < 1.29 is 23.9 Å². The molecule has 3 aliphatic rings. The zero-order valence-electron chi connectivity index (χ0n) is 15.3. The number of nitrogens with zero attached hydrogens (tertiary/aromatic N) is 1. The monoisotopic (exact) mass is 386 g/mol. The van der Waals surface area contributed by atoms with Gasteiger partial charge in [0.2, 0.25) is 11.8 Å². The Bertz CT molecular complexity index is 836. The molecule has 0 spiro atoms. The van der Waals surface area contributed by atoms with Crippen molar-refractivity contribution in [3.8, 4) is 0 Å². The Morgan fingerprint density at radius 3 is 2.68 bits per heavy atom. The number of amides is 4. The Balaban J connectivity index is 1.43. The van der Waals surface area contributed by atoms with E-state index in [4.69, 9.17) is 4.74 Å². The molecule has 148 valence electrons. The topological polar surface area (TPSA) is 117 Å². The molecule has 0 radical (unpaired) electrons. The van der Waals surface area contributed by atoms with Crippen molar-refractivity contribution >= 4 is 23.6 Å². The summed E-state index contributed by atoms with van der Waals surface area (Å²) in [5.41, 5.74) is 1.33. The number of hydrogen-bond acceptors (Lipinski definition) is 7. The van der Waals surface area contributed by atoms with Gasteiger partial charge in [0.1, 0.15) is 6.04 Å². The van der Waals surface area contributed by atoms with Gasteiger partial charge in [-0.1, -0.05) is 12.1 Å². The van der Waals surface area contributed by atoms with Crippen LogP contribution in [0.15, 0.2) is 18.2 Å². The van der Waals surface area contributed by atoms with Crippen LogP contribution in [-0.2, 0) is 20.9 Å². The van der Waals surface area contributed by atoms with Gasteiger partial charge in [-0.05, 0) is 18.1 Å². The van der Waals surface area contributed by atoms with Crippen molar-refractivity contribution in [1.82, 2.24) is 20.9 Å². The molecule has 9 heteroatoms. The van der Waals surface area contributed by atoms with Crippen LogP contribution in [0.1, 0.15) is 39.1 Å². The fourth-order valence-electron chi connectivity index (χ4n) is 3.63. The standard InChI is InChI=1S/C19H22N4O5/c24-15-5-4-14(17(25)22-15)23-18(26)13-3-1-2-11(16(13)19(23)27)8-20-6-7-28-12-9-21-10-12/h1-3,12,14,20-21H,4-10H2,(H,22,24,25). The predicted molar refractivity (Wildman–Crippen MR) is 97.4 cm³/mol. The van der Waals surface area contributed by atoms with Gasteiger partial charge in [0, 0.05) is 32.6 Å². The van der Waals surface area contributed by atoms with Crippen LogP contribution in [0.25, 0.3) is 0 Å². The van der Waals surface area contributed by atoms with E-state index < -0.39 is 23.8 Å². The maximum absolute atomic E-state index is 13.0. The third kappa shape index (κ3) is 3.44. The molecule has 9 nitrogen and oxygen atoms in total. The van der Waals surface area contributed by atoms with E-state index in [0.29, 0.717) is 36.4 Å². The molecule has 4 amide bonds. The van der Waals surface area contributed by atoms with Crippen molar-refractivity contribution in [2.45, 2.75) is 31.5 Å². The number of carbonyl (C=O) groups is 4. The summed E-state index contributed by atoms with van der Waals surface area (Å²) < 4.78 is 5.64. The molecule has 2 fully saturated rings. The lowest BCUT2D eigenvalue weighted by Gasteiger charge is -2.27. The van der Waals surface area contributed by atoms with Crippen LogP contribution < -0.4 is 16.0 Å². The Morgan fingerprint density at radius 1 is 1.14 bits per heavy atom. The van der Waals surface area contributed by atoms with Gasteiger partial charge in [0.15, 0.2) is 0 Å². The Hall–Kier alpha value is -2.62. The molecule has 1 aromatic carbocycles. The van der Waals surface area contributed by atoms with Gasteiger partial charge < -0.3 is 15.4 Å². The van der Waals surface area contributed by atoms with Crippen molar-refractivity contribution in [3.63, 3.8) is 0 Å². The van der Waals surface area contributed by atoms with Crippen LogP contribution in [-0.4, -0.2) is 66.9 Å². The summed E-state index contributed by atoms with van der Waals surface area (Å²) in [6.45, 7) is 3.35. The first-order chi connectivity index (χ1) is 13.6. The van der Waals surface area contributed by atoms with E-state index in [1.165, 1.54) is 0 Å². The highest BCUT2D eigenvalue weighted by Gasteiger charge is 2.45. The van der Waals surface area contributed by atoms with Gasteiger partial charge in [-0.2, -0.15) is 0 Å². The fourth-order valence-corrected chi connectivity index (χ4v) is 3.63. The molecule has 0 saturated carbocycles. The zero-order chi connectivity index (χ0) is 19.7. The number of imide groups is 2. The summed E-state index contributed by atoms with van der Waals surface area (Å²) in [7, 11) is 0. The van der Waals surface area contributed by atoms with Crippen LogP contribution in [0.5, 0.6) is 0 Å². The lowest BCUT2D eigenvalue weighted by atomic mass is 10.0. The number of rotatable bonds is 7. The first-order valence-electron chi connectivity index (χ1n) is 9.43. The first kappa shape index (κ1) is 18.7. The average molecular weight is 386 g/mol. The van der Waals surface area contributed by atoms with Crippen LogP contribution in [0, 0.1) is 0 Å². The van der Waals surface area contributed by atoms with Crippen LogP contribution in [0.2, 0.25) is 0 Å². The largest absolute Gasteiger partial charge is 0.374 e. The molecule has 3 aliphatic heterocycles. The van der Waals surface area contributed by atoms with Gasteiger partial charge in [-0.3, -0.25) is 29.4 Å². The van der Waals surface area contributed by atoms with Crippen LogP contribution in [0.3, 0.4) is 0 Å². The molecule has 1 unspecified atom stereocenters. The smallest absolute Gasteiger partial charge is 0.262 e. The second-order valence-corrected chi connectivity index (χ2v) is 7.11. The van der Waals surface area contributed by atoms with E-state index in [-0.39, 0.29) is 24.9 Å². The summed E-state index contributed by atoms with van der Waals surface area (Å²) in [6, 6.07) is 4.17. The van der Waals surface area contributed by atoms with Crippen molar-refractivity contribution in [2.24, 2.45) is 0 Å². The SMILES string of the molecule is O=C1CCC(N2C(=O)c3cccc(CNCCOC4CNC4)c3C2=O)C(=O)N1. The average Bonchev–Trinajstić information content (AvgIpc) is 2.88. The number of piperidine rings is 1. The molecule has 3 heterocycles. The molecule has 2 saturated heterocycles. The van der Waals surface area contributed by atoms with E-state index in [9.17, 15) is 19.2 Å². The van der Waals surface area contributed by atoms with E-state index in [1.807, 2.05) is 0 Å².